The lowest BCUT2D eigenvalue weighted by Gasteiger charge is -2.21. The number of hydrogen-bond donors (Lipinski definition) is 4. The average molecular weight is 704 g/mol. The molecule has 3 atom stereocenters. The predicted octanol–water partition coefficient (Wildman–Crippen LogP) is 12.4. The first-order valence-electron chi connectivity index (χ1n) is 21.8. The van der Waals surface area contributed by atoms with Gasteiger partial charge in [-0.3, -0.25) is 4.79 Å². The van der Waals surface area contributed by atoms with Gasteiger partial charge in [-0.25, -0.2) is 0 Å². The Balaban J connectivity index is 3.64. The van der Waals surface area contributed by atoms with Crippen LogP contribution in [0.2, 0.25) is 0 Å². The summed E-state index contributed by atoms with van der Waals surface area (Å²) in [5.74, 6) is -0.329. The van der Waals surface area contributed by atoms with E-state index in [-0.39, 0.29) is 18.9 Å². The molecular formula is C45H85NO4. The number of allylic oxidation sites excluding steroid dienone is 5. The van der Waals surface area contributed by atoms with Gasteiger partial charge in [-0.05, 0) is 44.9 Å². The summed E-state index contributed by atoms with van der Waals surface area (Å²) in [5, 5.41) is 33.1. The molecule has 294 valence electrons. The van der Waals surface area contributed by atoms with Gasteiger partial charge >= 0.3 is 0 Å². The zero-order chi connectivity index (χ0) is 36.6. The first-order valence-corrected chi connectivity index (χ1v) is 21.8. The van der Waals surface area contributed by atoms with Crippen molar-refractivity contribution >= 4 is 5.91 Å². The maximum absolute atomic E-state index is 12.4. The van der Waals surface area contributed by atoms with Crippen LogP contribution in [0.5, 0.6) is 0 Å². The van der Waals surface area contributed by atoms with E-state index in [1.54, 1.807) is 6.08 Å². The van der Waals surface area contributed by atoms with Gasteiger partial charge in [0.2, 0.25) is 5.91 Å². The quantitative estimate of drug-likeness (QED) is 0.0379. The van der Waals surface area contributed by atoms with Gasteiger partial charge in [-0.2, -0.15) is 0 Å². The smallest absolute Gasteiger partial charge is 0.222 e. The molecule has 5 heteroatoms. The van der Waals surface area contributed by atoms with Crippen molar-refractivity contribution in [3.8, 4) is 0 Å². The lowest BCUT2D eigenvalue weighted by atomic mass is 10.0. The Morgan fingerprint density at radius 1 is 0.500 bits per heavy atom. The van der Waals surface area contributed by atoms with E-state index >= 15 is 0 Å². The Morgan fingerprint density at radius 2 is 0.860 bits per heavy atom. The predicted molar refractivity (Wildman–Crippen MR) is 218 cm³/mol. The number of hydrogen-bond acceptors (Lipinski definition) is 4. The monoisotopic (exact) mass is 704 g/mol. The molecule has 0 aliphatic rings. The first kappa shape index (κ1) is 48.6. The van der Waals surface area contributed by atoms with E-state index < -0.39 is 18.2 Å². The van der Waals surface area contributed by atoms with Crippen molar-refractivity contribution in [1.82, 2.24) is 5.32 Å². The highest BCUT2D eigenvalue weighted by Gasteiger charge is 2.20. The van der Waals surface area contributed by atoms with E-state index in [4.69, 9.17) is 0 Å². The molecule has 0 aliphatic carbocycles. The number of carbonyl (C=O) groups excluding carboxylic acids is 1. The number of aliphatic hydroxyl groups is 3. The van der Waals surface area contributed by atoms with Crippen molar-refractivity contribution in [3.05, 3.63) is 36.5 Å². The second-order valence-corrected chi connectivity index (χ2v) is 14.9. The maximum Gasteiger partial charge on any atom is 0.222 e. The molecule has 0 saturated carbocycles. The summed E-state index contributed by atoms with van der Waals surface area (Å²) >= 11 is 0. The Morgan fingerprint density at radius 3 is 1.28 bits per heavy atom. The van der Waals surface area contributed by atoms with E-state index in [2.05, 4.69) is 43.5 Å². The fraction of sp³-hybridized carbons (Fsp3) is 0.844. The Labute approximate surface area is 311 Å². The molecule has 0 aromatic heterocycles. The van der Waals surface area contributed by atoms with Crippen LogP contribution in [0.15, 0.2) is 36.5 Å². The third-order valence-corrected chi connectivity index (χ3v) is 9.91. The van der Waals surface area contributed by atoms with Gasteiger partial charge in [0.1, 0.15) is 0 Å². The number of carbonyl (C=O) groups is 1. The normalized spacial score (nSPS) is 13.9. The van der Waals surface area contributed by atoms with Crippen LogP contribution in [0.3, 0.4) is 0 Å². The zero-order valence-corrected chi connectivity index (χ0v) is 33.3. The fourth-order valence-corrected chi connectivity index (χ4v) is 6.55. The summed E-state index contributed by atoms with van der Waals surface area (Å²) in [4.78, 5) is 12.4. The summed E-state index contributed by atoms with van der Waals surface area (Å²) in [6.45, 7) is 4.17. The van der Waals surface area contributed by atoms with Crippen molar-refractivity contribution < 1.29 is 20.1 Å². The van der Waals surface area contributed by atoms with Crippen LogP contribution in [0, 0.1) is 0 Å². The molecule has 4 N–H and O–H groups in total. The fourth-order valence-electron chi connectivity index (χ4n) is 6.55. The SMILES string of the molecule is CCCCC/C=C/CC/C=C/CC/C=C/C(O)C(CO)NC(=O)CC(O)CCCCCCCCCCCCCCCCCCCCCCCC. The average Bonchev–Trinajstić information content (AvgIpc) is 3.11. The molecule has 0 aromatic carbocycles. The van der Waals surface area contributed by atoms with Crippen molar-refractivity contribution in [1.29, 1.82) is 0 Å². The van der Waals surface area contributed by atoms with Crippen LogP contribution in [-0.2, 0) is 4.79 Å². The molecule has 0 spiro atoms. The van der Waals surface area contributed by atoms with Crippen molar-refractivity contribution in [2.75, 3.05) is 6.61 Å². The second kappa shape index (κ2) is 40.3. The van der Waals surface area contributed by atoms with Gasteiger partial charge in [0.05, 0.1) is 31.3 Å². The molecule has 0 saturated heterocycles. The molecule has 50 heavy (non-hydrogen) atoms. The molecule has 0 heterocycles. The number of aliphatic hydroxyl groups excluding tert-OH is 3. The number of unbranched alkanes of at least 4 members (excludes halogenated alkanes) is 26. The molecular weight excluding hydrogens is 618 g/mol. The summed E-state index contributed by atoms with van der Waals surface area (Å²) in [6.07, 6.45) is 50.1. The number of amides is 1. The minimum atomic E-state index is -0.956. The zero-order valence-electron chi connectivity index (χ0n) is 33.3. The molecule has 0 bridgehead atoms. The lowest BCUT2D eigenvalue weighted by Crippen LogP contribution is -2.45. The van der Waals surface area contributed by atoms with Crippen LogP contribution in [0.25, 0.3) is 0 Å². The molecule has 0 radical (unpaired) electrons. The minimum Gasteiger partial charge on any atom is -0.394 e. The van der Waals surface area contributed by atoms with Crippen molar-refractivity contribution in [2.24, 2.45) is 0 Å². The van der Waals surface area contributed by atoms with E-state index in [1.807, 2.05) is 6.08 Å². The third-order valence-electron chi connectivity index (χ3n) is 9.91. The van der Waals surface area contributed by atoms with Crippen molar-refractivity contribution in [3.63, 3.8) is 0 Å². The van der Waals surface area contributed by atoms with Gasteiger partial charge in [-0.15, -0.1) is 0 Å². The Hall–Kier alpha value is -1.43. The molecule has 0 fully saturated rings. The standard InChI is InChI=1S/C45H85NO4/c1-3-5-7-9-11-13-15-17-18-19-20-21-22-23-24-25-27-28-30-32-34-36-38-42(48)40-45(50)46-43(41-47)44(49)39-37-35-33-31-29-26-16-14-12-10-8-6-4-2/h12,14,29,31,37,39,42-44,47-49H,3-11,13,15-28,30,32-36,38,40-41H2,1-2H3,(H,46,50)/b14-12+,31-29+,39-37+. The highest BCUT2D eigenvalue weighted by Crippen LogP contribution is 2.16. The summed E-state index contributed by atoms with van der Waals surface area (Å²) in [6, 6.07) is -0.764. The first-order chi connectivity index (χ1) is 24.5. The second-order valence-electron chi connectivity index (χ2n) is 14.9. The molecule has 1 amide bonds. The van der Waals surface area contributed by atoms with E-state index in [0.29, 0.717) is 6.42 Å². The largest absolute Gasteiger partial charge is 0.394 e. The summed E-state index contributed by atoms with van der Waals surface area (Å²) in [7, 11) is 0. The van der Waals surface area contributed by atoms with E-state index in [1.165, 1.54) is 154 Å². The molecule has 5 nitrogen and oxygen atoms in total. The lowest BCUT2D eigenvalue weighted by molar-refractivity contribution is -0.124. The van der Waals surface area contributed by atoms with Crippen molar-refractivity contribution in [2.45, 2.75) is 238 Å². The van der Waals surface area contributed by atoms with Crippen LogP contribution in [0.4, 0.5) is 0 Å². The van der Waals surface area contributed by atoms with Gasteiger partial charge in [0.15, 0.2) is 0 Å². The van der Waals surface area contributed by atoms with Gasteiger partial charge in [-0.1, -0.05) is 204 Å². The van der Waals surface area contributed by atoms with Gasteiger partial charge < -0.3 is 20.6 Å². The van der Waals surface area contributed by atoms with Gasteiger partial charge in [0, 0.05) is 0 Å². The maximum atomic E-state index is 12.4. The Kier molecular flexibility index (Phi) is 39.2. The number of nitrogens with one attached hydrogen (secondary N) is 1. The van der Waals surface area contributed by atoms with E-state index in [9.17, 15) is 20.1 Å². The number of rotatable bonds is 39. The Bertz CT molecular complexity index is 779. The molecule has 0 aliphatic heterocycles. The van der Waals surface area contributed by atoms with Gasteiger partial charge in [0.25, 0.3) is 0 Å². The highest BCUT2D eigenvalue weighted by molar-refractivity contribution is 5.76. The van der Waals surface area contributed by atoms with Crippen LogP contribution < -0.4 is 5.32 Å². The molecule has 3 unspecified atom stereocenters. The molecule has 0 aromatic rings. The van der Waals surface area contributed by atoms with Crippen LogP contribution in [0.1, 0.15) is 219 Å². The highest BCUT2D eigenvalue weighted by atomic mass is 16.3. The topological polar surface area (TPSA) is 89.8 Å². The third kappa shape index (κ3) is 36.4. The summed E-state index contributed by atoms with van der Waals surface area (Å²) in [5.41, 5.74) is 0. The molecule has 0 rings (SSSR count). The minimum absolute atomic E-state index is 0.00487. The summed E-state index contributed by atoms with van der Waals surface area (Å²) < 4.78 is 0. The van der Waals surface area contributed by atoms with E-state index in [0.717, 1.165) is 38.5 Å². The van der Waals surface area contributed by atoms with Crippen LogP contribution >= 0.6 is 0 Å². The van der Waals surface area contributed by atoms with Crippen LogP contribution in [-0.4, -0.2) is 46.1 Å².